The minimum Gasteiger partial charge on any atom is -0.369 e. The molecule has 1 aromatic rings. The lowest BCUT2D eigenvalue weighted by atomic mass is 9.55. The molecule has 1 heterocycles. The highest BCUT2D eigenvalue weighted by molar-refractivity contribution is 7.99. The van der Waals surface area contributed by atoms with Crippen LogP contribution in [0.25, 0.3) is 0 Å². The van der Waals surface area contributed by atoms with Gasteiger partial charge >= 0.3 is 0 Å². The van der Waals surface area contributed by atoms with Crippen molar-refractivity contribution in [3.63, 3.8) is 0 Å². The van der Waals surface area contributed by atoms with Crippen LogP contribution in [0.3, 0.4) is 0 Å². The van der Waals surface area contributed by atoms with Gasteiger partial charge in [-0.1, -0.05) is 26.1 Å². The summed E-state index contributed by atoms with van der Waals surface area (Å²) in [5.41, 5.74) is 1.69. The van der Waals surface area contributed by atoms with Gasteiger partial charge in [0.15, 0.2) is 0 Å². The van der Waals surface area contributed by atoms with E-state index < -0.39 is 0 Å². The molecule has 0 N–H and O–H groups in total. The van der Waals surface area contributed by atoms with Crippen LogP contribution in [0.15, 0.2) is 24.3 Å². The Balaban J connectivity index is 1.29. The van der Waals surface area contributed by atoms with Gasteiger partial charge in [0.2, 0.25) is 0 Å². The third kappa shape index (κ3) is 3.28. The average molecular weight is 480 g/mol. The Morgan fingerprint density at radius 1 is 0.636 bits per heavy atom. The van der Waals surface area contributed by atoms with Crippen LogP contribution < -0.4 is 10.2 Å². The molecule has 8 saturated carbocycles. The molecular weight excluding hydrogens is 437 g/mol. The first-order chi connectivity index (χ1) is 16.2. The molecule has 3 heteroatoms. The largest absolute Gasteiger partial charge is 0.369 e. The Morgan fingerprint density at radius 2 is 1.06 bits per heavy atom. The van der Waals surface area contributed by atoms with Crippen LogP contribution in [0.5, 0.6) is 0 Å². The van der Waals surface area contributed by atoms with Crippen molar-refractivity contribution in [1.82, 2.24) is 0 Å². The van der Waals surface area contributed by atoms with Gasteiger partial charge in [-0.3, -0.25) is 0 Å². The van der Waals surface area contributed by atoms with Gasteiger partial charge in [0, 0.05) is 35.6 Å². The first kappa shape index (κ1) is 20.9. The smallest absolute Gasteiger partial charge is 0.0445 e. The number of rotatable bonds is 4. The highest BCUT2D eigenvalue weighted by Gasteiger charge is 2.63. The normalized spacial score (nSPS) is 48.4. The van der Waals surface area contributed by atoms with Crippen molar-refractivity contribution in [2.24, 2.45) is 35.5 Å². The molecule has 1 aliphatic heterocycles. The molecule has 0 spiro atoms. The average Bonchev–Trinajstić information content (AvgIpc) is 2.78. The van der Waals surface area contributed by atoms with Crippen molar-refractivity contribution >= 4 is 30.7 Å². The van der Waals surface area contributed by atoms with Crippen LogP contribution >= 0.6 is 19.7 Å². The van der Waals surface area contributed by atoms with Crippen LogP contribution in [-0.2, 0) is 0 Å². The van der Waals surface area contributed by atoms with E-state index in [0.29, 0.717) is 10.3 Å². The van der Waals surface area contributed by atoms with Crippen molar-refractivity contribution in [3.8, 4) is 0 Å². The summed E-state index contributed by atoms with van der Waals surface area (Å²) >= 11 is 2.17. The van der Waals surface area contributed by atoms with Crippen LogP contribution in [0.4, 0.5) is 5.69 Å². The van der Waals surface area contributed by atoms with E-state index in [4.69, 9.17) is 0 Å². The maximum absolute atomic E-state index is 2.82. The molecule has 1 saturated heterocycles. The van der Waals surface area contributed by atoms with Crippen LogP contribution in [0.1, 0.15) is 77.0 Å². The number of hydrogen-bond acceptors (Lipinski definition) is 2. The topological polar surface area (TPSA) is 3.24 Å². The van der Waals surface area contributed by atoms with E-state index in [0.717, 1.165) is 35.5 Å². The molecule has 8 aliphatic carbocycles. The molecule has 9 aliphatic rings. The minimum absolute atomic E-state index is 0.0980. The summed E-state index contributed by atoms with van der Waals surface area (Å²) in [6, 6.07) is 10.0. The van der Waals surface area contributed by atoms with Crippen molar-refractivity contribution in [1.29, 1.82) is 0 Å². The summed E-state index contributed by atoms with van der Waals surface area (Å²) in [6.45, 7) is 2.54. The summed E-state index contributed by atoms with van der Waals surface area (Å²) in [5.74, 6) is 9.11. The Labute approximate surface area is 207 Å². The fourth-order valence-electron chi connectivity index (χ4n) is 11.4. The number of hydrogen-bond donors (Lipinski definition) is 0. The van der Waals surface area contributed by atoms with Gasteiger partial charge in [-0.15, -0.1) is 0 Å². The van der Waals surface area contributed by atoms with E-state index in [9.17, 15) is 0 Å². The molecule has 0 atom stereocenters. The number of anilines is 1. The Bertz CT molecular complexity index is 805. The molecule has 178 valence electrons. The van der Waals surface area contributed by atoms with Gasteiger partial charge in [-0.05, 0) is 129 Å². The van der Waals surface area contributed by atoms with E-state index in [1.807, 2.05) is 5.30 Å². The zero-order chi connectivity index (χ0) is 21.6. The summed E-state index contributed by atoms with van der Waals surface area (Å²) in [4.78, 5) is 2.82. The number of thioether (sulfide) groups is 1. The zero-order valence-electron chi connectivity index (χ0n) is 20.4. The maximum Gasteiger partial charge on any atom is 0.0445 e. The van der Waals surface area contributed by atoms with Crippen LogP contribution in [0, 0.1) is 35.5 Å². The molecule has 0 radical (unpaired) electrons. The predicted octanol–water partition coefficient (Wildman–Crippen LogP) is 7.28. The quantitative estimate of drug-likeness (QED) is 0.417. The highest BCUT2D eigenvalue weighted by Crippen LogP contribution is 2.78. The third-order valence-electron chi connectivity index (χ3n) is 11.4. The number of benzene rings is 1. The van der Waals surface area contributed by atoms with Crippen molar-refractivity contribution in [2.45, 2.75) is 87.4 Å². The Morgan fingerprint density at radius 3 is 1.52 bits per heavy atom. The van der Waals surface area contributed by atoms with Crippen LogP contribution in [-0.4, -0.2) is 34.9 Å². The summed E-state index contributed by atoms with van der Waals surface area (Å²) in [6.07, 6.45) is 19.2. The fraction of sp³-hybridized carbons (Fsp3) is 0.800. The Hall–Kier alpha value is -0.200. The summed E-state index contributed by atoms with van der Waals surface area (Å²) in [5, 5.41) is 3.27. The zero-order valence-corrected chi connectivity index (χ0v) is 22.1. The molecular formula is C30H42NPS. The van der Waals surface area contributed by atoms with E-state index in [-0.39, 0.29) is 7.92 Å². The molecule has 0 aromatic heterocycles. The number of nitrogens with zero attached hydrogens (tertiary/aromatic N) is 1. The molecule has 1 nitrogen and oxygen atoms in total. The monoisotopic (exact) mass is 479 g/mol. The first-order valence-corrected chi connectivity index (χ1v) is 16.9. The van der Waals surface area contributed by atoms with Crippen molar-refractivity contribution in [3.05, 3.63) is 24.3 Å². The highest BCUT2D eigenvalue weighted by atomic mass is 32.2. The predicted molar refractivity (Wildman–Crippen MR) is 144 cm³/mol. The Kier molecular flexibility index (Phi) is 4.85. The first-order valence-electron chi connectivity index (χ1n) is 14.4. The van der Waals surface area contributed by atoms with Gasteiger partial charge in [0.05, 0.1) is 0 Å². The van der Waals surface area contributed by atoms with E-state index >= 15 is 0 Å². The van der Waals surface area contributed by atoms with Crippen molar-refractivity contribution < 1.29 is 0 Å². The summed E-state index contributed by atoms with van der Waals surface area (Å²) < 4.78 is 0. The second kappa shape index (κ2) is 7.65. The molecule has 8 bridgehead atoms. The maximum atomic E-state index is 2.82. The molecule has 1 aromatic carbocycles. The lowest BCUT2D eigenvalue weighted by molar-refractivity contribution is 0.0195. The molecule has 10 rings (SSSR count). The van der Waals surface area contributed by atoms with Crippen molar-refractivity contribution in [2.75, 3.05) is 29.5 Å². The van der Waals surface area contributed by atoms with Gasteiger partial charge < -0.3 is 4.90 Å². The van der Waals surface area contributed by atoms with Crippen LogP contribution in [0.2, 0.25) is 0 Å². The second-order valence-electron chi connectivity index (χ2n) is 13.7. The van der Waals surface area contributed by atoms with Gasteiger partial charge in [-0.2, -0.15) is 11.8 Å². The van der Waals surface area contributed by atoms with Gasteiger partial charge in [0.1, 0.15) is 0 Å². The van der Waals surface area contributed by atoms with E-state index in [2.05, 4.69) is 40.9 Å². The fourth-order valence-corrected chi connectivity index (χ4v) is 17.7. The molecule has 9 fully saturated rings. The summed E-state index contributed by atoms with van der Waals surface area (Å²) in [7, 11) is -0.0980. The molecule has 0 unspecified atom stereocenters. The van der Waals surface area contributed by atoms with E-state index in [1.165, 1.54) is 24.6 Å². The van der Waals surface area contributed by atoms with Gasteiger partial charge in [-0.25, -0.2) is 0 Å². The third-order valence-corrected chi connectivity index (χ3v) is 16.2. The lowest BCUT2D eigenvalue weighted by Gasteiger charge is -2.67. The molecule has 33 heavy (non-hydrogen) atoms. The molecule has 0 amide bonds. The lowest BCUT2D eigenvalue weighted by Crippen LogP contribution is -2.58. The SMILES string of the molecule is c1ccc(P(C23CC4CC(CC(C4)C2)C3)C23CC4CC(CC(C4)C2)C3)c(N2CCSCC2)c1. The minimum atomic E-state index is -0.0980. The van der Waals surface area contributed by atoms with E-state index in [1.54, 1.807) is 82.7 Å². The standard InChI is InChI=1S/C30H42NPS/c1-2-4-28(27(3-1)31-5-7-33-8-6-31)32(29-15-21-9-22(16-29)11-23(10-21)17-29)30-18-24-12-25(19-30)14-26(13-24)20-30/h1-4,21-26H,5-20H2. The van der Waals surface area contributed by atoms with Gasteiger partial charge in [0.25, 0.3) is 0 Å². The second-order valence-corrected chi connectivity index (χ2v) is 18.0. The number of para-hydroxylation sites is 1.